The van der Waals surface area contributed by atoms with Gasteiger partial charge in [-0.1, -0.05) is 6.07 Å². The summed E-state index contributed by atoms with van der Waals surface area (Å²) in [4.78, 5) is 0. The van der Waals surface area contributed by atoms with E-state index < -0.39 is 0 Å². The van der Waals surface area contributed by atoms with E-state index in [1.807, 2.05) is 6.07 Å². The lowest BCUT2D eigenvalue weighted by molar-refractivity contribution is 0.385. The van der Waals surface area contributed by atoms with E-state index in [9.17, 15) is 4.39 Å². The van der Waals surface area contributed by atoms with Crippen LogP contribution in [0.25, 0.3) is 0 Å². The van der Waals surface area contributed by atoms with Crippen LogP contribution in [-0.4, -0.2) is 13.7 Å². The first-order valence-corrected chi connectivity index (χ1v) is 4.88. The highest BCUT2D eigenvalue weighted by Gasteiger charge is 2.17. The molecule has 2 nitrogen and oxygen atoms in total. The molecule has 1 N–H and O–H groups in total. The molecule has 0 aromatic heterocycles. The maximum atomic E-state index is 13.1. The summed E-state index contributed by atoms with van der Waals surface area (Å²) in [6.45, 7) is 1.05. The molecule has 0 bridgehead atoms. The van der Waals surface area contributed by atoms with Crippen LogP contribution in [0.5, 0.6) is 5.75 Å². The van der Waals surface area contributed by atoms with Crippen LogP contribution in [0.3, 0.4) is 0 Å². The normalized spacial score (nSPS) is 19.7. The summed E-state index contributed by atoms with van der Waals surface area (Å²) in [7, 11) is 1.49. The number of hydrogen-bond acceptors (Lipinski definition) is 2. The Kier molecular flexibility index (Phi) is 4.36. The molecule has 0 amide bonds. The van der Waals surface area contributed by atoms with Crippen LogP contribution < -0.4 is 10.1 Å². The lowest BCUT2D eigenvalue weighted by Crippen LogP contribution is -2.12. The fraction of sp³-hybridized carbons (Fsp3) is 0.455. The van der Waals surface area contributed by atoms with Crippen molar-refractivity contribution in [2.24, 2.45) is 0 Å². The summed E-state index contributed by atoms with van der Waals surface area (Å²) in [6.07, 6.45) is 2.30. The van der Waals surface area contributed by atoms with Crippen LogP contribution in [0.15, 0.2) is 18.2 Å². The van der Waals surface area contributed by atoms with Gasteiger partial charge in [0.15, 0.2) is 11.6 Å². The molecule has 15 heavy (non-hydrogen) atoms. The van der Waals surface area contributed by atoms with Crippen LogP contribution in [-0.2, 0) is 0 Å². The van der Waals surface area contributed by atoms with Gasteiger partial charge in [-0.25, -0.2) is 4.39 Å². The second kappa shape index (κ2) is 5.33. The standard InChI is InChI=1S/C11H14FNO.ClH/c1-14-11-7-8(4-5-9(11)12)10-3-2-6-13-10;/h4-5,7,10,13H,2-3,6H2,1H3;1H/t10-;/m1./s1. The third-order valence-corrected chi connectivity index (χ3v) is 2.64. The molecule has 1 aliphatic heterocycles. The molecule has 1 aliphatic rings. The summed E-state index contributed by atoms with van der Waals surface area (Å²) in [6, 6.07) is 5.43. The zero-order valence-corrected chi connectivity index (χ0v) is 9.44. The van der Waals surface area contributed by atoms with Crippen molar-refractivity contribution in [3.05, 3.63) is 29.6 Å². The summed E-state index contributed by atoms with van der Waals surface area (Å²) in [5.74, 6) is 0.0328. The maximum Gasteiger partial charge on any atom is 0.165 e. The first kappa shape index (κ1) is 12.3. The number of hydrogen-bond donors (Lipinski definition) is 1. The van der Waals surface area contributed by atoms with Crippen LogP contribution in [0.2, 0.25) is 0 Å². The smallest absolute Gasteiger partial charge is 0.165 e. The van der Waals surface area contributed by atoms with Crippen molar-refractivity contribution in [1.82, 2.24) is 5.32 Å². The van der Waals surface area contributed by atoms with Gasteiger partial charge in [0.25, 0.3) is 0 Å². The molecule has 4 heteroatoms. The van der Waals surface area contributed by atoms with Crippen LogP contribution in [0.1, 0.15) is 24.4 Å². The minimum absolute atomic E-state index is 0. The molecule has 0 spiro atoms. The number of halogens is 2. The number of ether oxygens (including phenoxy) is 1. The number of benzene rings is 1. The predicted octanol–water partition coefficient (Wildman–Crippen LogP) is 2.68. The molecular formula is C11H15ClFNO. The summed E-state index contributed by atoms with van der Waals surface area (Å²) >= 11 is 0. The van der Waals surface area contributed by atoms with Gasteiger partial charge in [-0.05, 0) is 37.1 Å². The molecule has 1 heterocycles. The third-order valence-electron chi connectivity index (χ3n) is 2.64. The van der Waals surface area contributed by atoms with Gasteiger partial charge in [-0.3, -0.25) is 0 Å². The number of rotatable bonds is 2. The molecule has 0 unspecified atom stereocenters. The van der Waals surface area contributed by atoms with E-state index in [0.717, 1.165) is 18.5 Å². The Bertz CT molecular complexity index is 326. The lowest BCUT2D eigenvalue weighted by Gasteiger charge is -2.12. The van der Waals surface area contributed by atoms with Crippen molar-refractivity contribution in [3.63, 3.8) is 0 Å². The van der Waals surface area contributed by atoms with Crippen LogP contribution >= 0.6 is 12.4 Å². The largest absolute Gasteiger partial charge is 0.494 e. The Hall–Kier alpha value is -0.800. The Morgan fingerprint density at radius 3 is 2.87 bits per heavy atom. The van der Waals surface area contributed by atoms with Gasteiger partial charge in [0.2, 0.25) is 0 Å². The molecule has 0 saturated carbocycles. The van der Waals surface area contributed by atoms with Gasteiger partial charge < -0.3 is 10.1 Å². The second-order valence-electron chi connectivity index (χ2n) is 3.54. The van der Waals surface area contributed by atoms with Crippen molar-refractivity contribution in [2.75, 3.05) is 13.7 Å². The molecule has 1 saturated heterocycles. The van der Waals surface area contributed by atoms with Gasteiger partial charge in [0.05, 0.1) is 7.11 Å². The molecular weight excluding hydrogens is 217 g/mol. The van der Waals surface area contributed by atoms with Crippen molar-refractivity contribution >= 4 is 12.4 Å². The van der Waals surface area contributed by atoms with Crippen LogP contribution in [0, 0.1) is 5.82 Å². The second-order valence-corrected chi connectivity index (χ2v) is 3.54. The average Bonchev–Trinajstić information content (AvgIpc) is 2.71. The third kappa shape index (κ3) is 2.61. The fourth-order valence-corrected chi connectivity index (χ4v) is 1.86. The first-order valence-electron chi connectivity index (χ1n) is 4.88. The van der Waals surface area contributed by atoms with Crippen molar-refractivity contribution in [2.45, 2.75) is 18.9 Å². The van der Waals surface area contributed by atoms with Crippen molar-refractivity contribution in [1.29, 1.82) is 0 Å². The molecule has 0 radical (unpaired) electrons. The van der Waals surface area contributed by atoms with Gasteiger partial charge in [0.1, 0.15) is 0 Å². The Labute approximate surface area is 95.2 Å². The lowest BCUT2D eigenvalue weighted by atomic mass is 10.1. The SMILES string of the molecule is COc1cc([C@H]2CCCN2)ccc1F.Cl. The Balaban J connectivity index is 0.00000112. The van der Waals surface area contributed by atoms with Crippen LogP contribution in [0.4, 0.5) is 4.39 Å². The quantitative estimate of drug-likeness (QED) is 0.845. The minimum Gasteiger partial charge on any atom is -0.494 e. The highest BCUT2D eigenvalue weighted by molar-refractivity contribution is 5.85. The van der Waals surface area contributed by atoms with E-state index in [2.05, 4.69) is 5.32 Å². The molecule has 2 rings (SSSR count). The Morgan fingerprint density at radius 1 is 1.47 bits per heavy atom. The Morgan fingerprint density at radius 2 is 2.27 bits per heavy atom. The van der Waals surface area contributed by atoms with Gasteiger partial charge in [0, 0.05) is 6.04 Å². The van der Waals surface area contributed by atoms with E-state index in [4.69, 9.17) is 4.74 Å². The first-order chi connectivity index (χ1) is 6.81. The molecule has 1 aromatic carbocycles. The fourth-order valence-electron chi connectivity index (χ4n) is 1.86. The zero-order chi connectivity index (χ0) is 9.97. The van der Waals surface area contributed by atoms with Crippen molar-refractivity contribution < 1.29 is 9.13 Å². The highest BCUT2D eigenvalue weighted by atomic mass is 35.5. The zero-order valence-electron chi connectivity index (χ0n) is 8.63. The minimum atomic E-state index is -0.297. The van der Waals surface area contributed by atoms with Crippen molar-refractivity contribution in [3.8, 4) is 5.75 Å². The van der Waals surface area contributed by atoms with Gasteiger partial charge in [-0.2, -0.15) is 0 Å². The van der Waals surface area contributed by atoms with E-state index in [0.29, 0.717) is 11.8 Å². The highest BCUT2D eigenvalue weighted by Crippen LogP contribution is 2.27. The monoisotopic (exact) mass is 231 g/mol. The number of methoxy groups -OCH3 is 1. The van der Waals surface area contributed by atoms with E-state index >= 15 is 0 Å². The molecule has 1 atom stereocenters. The van der Waals surface area contributed by atoms with E-state index in [1.165, 1.54) is 19.6 Å². The van der Waals surface area contributed by atoms with Gasteiger partial charge >= 0.3 is 0 Å². The predicted molar refractivity (Wildman–Crippen MR) is 60.2 cm³/mol. The molecule has 1 fully saturated rings. The molecule has 0 aliphatic carbocycles. The van der Waals surface area contributed by atoms with E-state index in [1.54, 1.807) is 6.07 Å². The molecule has 84 valence electrons. The summed E-state index contributed by atoms with van der Waals surface area (Å²) in [5.41, 5.74) is 1.11. The van der Waals surface area contributed by atoms with Gasteiger partial charge in [-0.15, -0.1) is 12.4 Å². The average molecular weight is 232 g/mol. The summed E-state index contributed by atoms with van der Waals surface area (Å²) in [5, 5.41) is 3.37. The maximum absolute atomic E-state index is 13.1. The topological polar surface area (TPSA) is 21.3 Å². The summed E-state index contributed by atoms with van der Waals surface area (Å²) < 4.78 is 18.1. The molecule has 1 aromatic rings. The van der Waals surface area contributed by atoms with E-state index in [-0.39, 0.29) is 18.2 Å². The number of nitrogens with one attached hydrogen (secondary N) is 1.